The minimum absolute atomic E-state index is 0.0776. The van der Waals surface area contributed by atoms with Gasteiger partial charge in [-0.3, -0.25) is 19.3 Å². The Labute approximate surface area is 146 Å². The second-order valence-corrected chi connectivity index (χ2v) is 6.06. The summed E-state index contributed by atoms with van der Waals surface area (Å²) in [4.78, 5) is 24.4. The molecule has 1 aliphatic rings. The van der Waals surface area contributed by atoms with Gasteiger partial charge in [-0.2, -0.15) is 23.4 Å². The van der Waals surface area contributed by atoms with Gasteiger partial charge in [0.2, 0.25) is 5.78 Å². The van der Waals surface area contributed by atoms with E-state index in [0.29, 0.717) is 5.69 Å². The summed E-state index contributed by atoms with van der Waals surface area (Å²) >= 11 is 0. The maximum absolute atomic E-state index is 12.9. The molecule has 0 N–H and O–H groups in total. The Bertz CT molecular complexity index is 899. The zero-order chi connectivity index (χ0) is 19.1. The van der Waals surface area contributed by atoms with Gasteiger partial charge in [0, 0.05) is 12.2 Å². The SMILES string of the molecule is CC(C)n1nccc1C1=NN(c2cccc(C(F)(F)F)c2)CC(=O)C1=O. The molecule has 0 saturated carbocycles. The first kappa shape index (κ1) is 17.8. The van der Waals surface area contributed by atoms with Gasteiger partial charge in [-0.05, 0) is 38.1 Å². The molecule has 0 unspecified atom stereocenters. The number of hydrogen-bond acceptors (Lipinski definition) is 5. The van der Waals surface area contributed by atoms with Crippen LogP contribution in [-0.4, -0.2) is 33.6 Å². The lowest BCUT2D eigenvalue weighted by Gasteiger charge is -2.25. The van der Waals surface area contributed by atoms with Gasteiger partial charge in [-0.25, -0.2) is 0 Å². The number of rotatable bonds is 3. The third kappa shape index (κ3) is 3.24. The summed E-state index contributed by atoms with van der Waals surface area (Å²) in [5.74, 6) is -1.53. The summed E-state index contributed by atoms with van der Waals surface area (Å²) in [6.45, 7) is 3.27. The predicted molar refractivity (Wildman–Crippen MR) is 88.0 cm³/mol. The van der Waals surface area contributed by atoms with E-state index in [-0.39, 0.29) is 17.4 Å². The largest absolute Gasteiger partial charge is 0.416 e. The Morgan fingerprint density at radius 3 is 2.54 bits per heavy atom. The molecule has 6 nitrogen and oxygen atoms in total. The van der Waals surface area contributed by atoms with E-state index in [9.17, 15) is 22.8 Å². The van der Waals surface area contributed by atoms with E-state index in [1.807, 2.05) is 13.8 Å². The number of nitrogens with zero attached hydrogens (tertiary/aromatic N) is 4. The van der Waals surface area contributed by atoms with Crippen LogP contribution in [0.3, 0.4) is 0 Å². The number of ketones is 2. The van der Waals surface area contributed by atoms with Crippen molar-refractivity contribution in [3.8, 4) is 0 Å². The summed E-state index contributed by atoms with van der Waals surface area (Å²) < 4.78 is 40.3. The van der Waals surface area contributed by atoms with Crippen LogP contribution in [0.1, 0.15) is 31.1 Å². The van der Waals surface area contributed by atoms with Gasteiger partial charge in [0.1, 0.15) is 6.54 Å². The first-order valence-electron chi connectivity index (χ1n) is 7.83. The topological polar surface area (TPSA) is 67.6 Å². The third-order valence-electron chi connectivity index (χ3n) is 3.86. The van der Waals surface area contributed by atoms with E-state index in [2.05, 4.69) is 10.2 Å². The van der Waals surface area contributed by atoms with Crippen molar-refractivity contribution in [1.29, 1.82) is 0 Å². The Morgan fingerprint density at radius 2 is 1.88 bits per heavy atom. The number of hydrogen-bond donors (Lipinski definition) is 0. The van der Waals surface area contributed by atoms with E-state index in [0.717, 1.165) is 17.1 Å². The van der Waals surface area contributed by atoms with Crippen molar-refractivity contribution in [2.24, 2.45) is 5.10 Å². The van der Waals surface area contributed by atoms with Gasteiger partial charge < -0.3 is 0 Å². The molecule has 0 amide bonds. The van der Waals surface area contributed by atoms with Gasteiger partial charge in [-0.15, -0.1) is 0 Å². The number of carbonyl (C=O) groups excluding carboxylic acids is 2. The molecule has 1 aliphatic heterocycles. The average Bonchev–Trinajstić information content (AvgIpc) is 3.06. The van der Waals surface area contributed by atoms with Gasteiger partial charge in [0.05, 0.1) is 16.9 Å². The highest BCUT2D eigenvalue weighted by atomic mass is 19.4. The van der Waals surface area contributed by atoms with Crippen LogP contribution in [0.4, 0.5) is 18.9 Å². The van der Waals surface area contributed by atoms with Gasteiger partial charge in [0.15, 0.2) is 5.71 Å². The Balaban J connectivity index is 2.07. The molecule has 0 aliphatic carbocycles. The van der Waals surface area contributed by atoms with Crippen LogP contribution in [0.5, 0.6) is 0 Å². The molecule has 1 aromatic heterocycles. The van der Waals surface area contributed by atoms with Crippen molar-refractivity contribution in [1.82, 2.24) is 9.78 Å². The van der Waals surface area contributed by atoms with E-state index < -0.39 is 29.9 Å². The summed E-state index contributed by atoms with van der Waals surface area (Å²) in [5, 5.41) is 9.35. The number of aromatic nitrogens is 2. The molecule has 3 rings (SSSR count). The molecule has 0 radical (unpaired) electrons. The highest BCUT2D eigenvalue weighted by Gasteiger charge is 2.34. The van der Waals surface area contributed by atoms with Gasteiger partial charge >= 0.3 is 6.18 Å². The van der Waals surface area contributed by atoms with E-state index >= 15 is 0 Å². The van der Waals surface area contributed by atoms with Crippen LogP contribution in [0.2, 0.25) is 0 Å². The Hall–Kier alpha value is -2.97. The van der Waals surface area contributed by atoms with Crippen molar-refractivity contribution in [3.05, 3.63) is 47.8 Å². The Morgan fingerprint density at radius 1 is 1.15 bits per heavy atom. The van der Waals surface area contributed by atoms with Crippen molar-refractivity contribution in [3.63, 3.8) is 0 Å². The van der Waals surface area contributed by atoms with Gasteiger partial charge in [0.25, 0.3) is 5.78 Å². The second-order valence-electron chi connectivity index (χ2n) is 6.06. The first-order valence-corrected chi connectivity index (χ1v) is 7.83. The minimum atomic E-state index is -4.52. The maximum atomic E-state index is 12.9. The van der Waals surface area contributed by atoms with E-state index in [1.54, 1.807) is 6.07 Å². The molecule has 0 bridgehead atoms. The second kappa shape index (κ2) is 6.40. The fraction of sp³-hybridized carbons (Fsp3) is 0.294. The molecular weight excluding hydrogens is 349 g/mol. The molecule has 26 heavy (non-hydrogen) atoms. The molecular formula is C17H15F3N4O2. The molecule has 1 aromatic carbocycles. The summed E-state index contributed by atoms with van der Waals surface area (Å²) in [6.07, 6.45) is -3.05. The standard InChI is InChI=1S/C17H15F3N4O2/c1-10(2)24-13(6-7-21-24)15-16(26)14(25)9-23(22-15)12-5-3-4-11(8-12)17(18,19)20/h3-8,10H,9H2,1-2H3. The third-order valence-corrected chi connectivity index (χ3v) is 3.86. The lowest BCUT2D eigenvalue weighted by atomic mass is 10.1. The minimum Gasteiger partial charge on any atom is -0.288 e. The monoisotopic (exact) mass is 364 g/mol. The zero-order valence-corrected chi connectivity index (χ0v) is 14.0. The number of halogens is 3. The van der Waals surface area contributed by atoms with Crippen LogP contribution < -0.4 is 5.01 Å². The first-order chi connectivity index (χ1) is 12.2. The highest BCUT2D eigenvalue weighted by Crippen LogP contribution is 2.32. The predicted octanol–water partition coefficient (Wildman–Crippen LogP) is 2.85. The van der Waals surface area contributed by atoms with Crippen LogP contribution in [-0.2, 0) is 15.8 Å². The van der Waals surface area contributed by atoms with Crippen LogP contribution in [0, 0.1) is 0 Å². The number of alkyl halides is 3. The average molecular weight is 364 g/mol. The number of anilines is 1. The number of benzene rings is 1. The highest BCUT2D eigenvalue weighted by molar-refractivity contribution is 6.69. The fourth-order valence-corrected chi connectivity index (χ4v) is 2.61. The summed E-state index contributed by atoms with van der Waals surface area (Å²) in [7, 11) is 0. The number of Topliss-reactive ketones (excluding diaryl/α,β-unsaturated/α-hetero) is 2. The lowest BCUT2D eigenvalue weighted by molar-refractivity contribution is -0.137. The van der Waals surface area contributed by atoms with Gasteiger partial charge in [-0.1, -0.05) is 6.07 Å². The summed E-state index contributed by atoms with van der Waals surface area (Å²) in [6, 6.07) is 5.91. The molecule has 2 heterocycles. The smallest absolute Gasteiger partial charge is 0.288 e. The molecule has 9 heteroatoms. The normalized spacial score (nSPS) is 15.6. The zero-order valence-electron chi connectivity index (χ0n) is 14.0. The molecule has 136 valence electrons. The maximum Gasteiger partial charge on any atom is 0.416 e. The number of hydrazone groups is 1. The van der Waals surface area contributed by atoms with Crippen molar-refractivity contribution < 1.29 is 22.8 Å². The molecule has 0 spiro atoms. The molecule has 2 aromatic rings. The van der Waals surface area contributed by atoms with Crippen molar-refractivity contribution >= 4 is 23.0 Å². The summed E-state index contributed by atoms with van der Waals surface area (Å²) in [5.41, 5.74) is -0.572. The number of carbonyl (C=O) groups is 2. The fourth-order valence-electron chi connectivity index (χ4n) is 2.61. The van der Waals surface area contributed by atoms with Crippen LogP contribution >= 0.6 is 0 Å². The quantitative estimate of drug-likeness (QED) is 0.786. The molecule has 0 saturated heterocycles. The van der Waals surface area contributed by atoms with Crippen molar-refractivity contribution in [2.45, 2.75) is 26.1 Å². The van der Waals surface area contributed by atoms with E-state index in [1.165, 1.54) is 23.0 Å². The van der Waals surface area contributed by atoms with Crippen LogP contribution in [0.15, 0.2) is 41.6 Å². The van der Waals surface area contributed by atoms with E-state index in [4.69, 9.17) is 0 Å². The van der Waals surface area contributed by atoms with Crippen molar-refractivity contribution in [2.75, 3.05) is 11.6 Å². The van der Waals surface area contributed by atoms with Crippen LogP contribution in [0.25, 0.3) is 0 Å². The lowest BCUT2D eigenvalue weighted by Crippen LogP contribution is -2.42. The Kier molecular flexibility index (Phi) is 4.39. The molecule has 0 atom stereocenters. The molecule has 0 fully saturated rings.